The number of ether oxygens (including phenoxy) is 1. The number of carbonyl (C=O) groups is 1. The van der Waals surface area contributed by atoms with Crippen LogP contribution < -0.4 is 0 Å². The van der Waals surface area contributed by atoms with E-state index in [0.717, 1.165) is 6.07 Å². The highest BCUT2D eigenvalue weighted by Gasteiger charge is 2.40. The topological polar surface area (TPSA) is 49.8 Å². The van der Waals surface area contributed by atoms with E-state index < -0.39 is 34.8 Å². The van der Waals surface area contributed by atoms with Crippen LogP contribution in [0.25, 0.3) is 0 Å². The maximum atomic E-state index is 13.4. The molecule has 1 aliphatic heterocycles. The molecule has 0 aliphatic carbocycles. The highest BCUT2D eigenvalue weighted by Crippen LogP contribution is 2.37. The molecule has 134 valence electrons. The van der Waals surface area contributed by atoms with Crippen LogP contribution in [-0.2, 0) is 4.74 Å². The first kappa shape index (κ1) is 18.6. The minimum Gasteiger partial charge on any atom is -0.444 e. The van der Waals surface area contributed by atoms with Gasteiger partial charge in [-0.25, -0.2) is 13.6 Å². The number of carbonyl (C=O) groups excluding carboxylic acids is 1. The van der Waals surface area contributed by atoms with Crippen molar-refractivity contribution in [1.82, 2.24) is 4.90 Å². The molecule has 1 aliphatic rings. The van der Waals surface area contributed by atoms with E-state index in [2.05, 4.69) is 0 Å². The smallest absolute Gasteiger partial charge is 0.410 e. The molecule has 0 saturated carbocycles. The molecule has 1 atom stereocenters. The second kappa shape index (κ2) is 6.67. The maximum absolute atomic E-state index is 13.4. The minimum atomic E-state index is -1.11. The van der Waals surface area contributed by atoms with Gasteiger partial charge in [-0.15, -0.1) is 0 Å². The van der Waals surface area contributed by atoms with Gasteiger partial charge >= 0.3 is 6.09 Å². The zero-order valence-electron chi connectivity index (χ0n) is 14.6. The average molecular weight is 341 g/mol. The summed E-state index contributed by atoms with van der Waals surface area (Å²) in [7, 11) is 0. The Morgan fingerprint density at radius 1 is 1.21 bits per heavy atom. The predicted molar refractivity (Wildman–Crippen MR) is 86.8 cm³/mol. The molecule has 0 bridgehead atoms. The molecule has 1 aromatic rings. The third-order valence-corrected chi connectivity index (χ3v) is 4.47. The van der Waals surface area contributed by atoms with E-state index in [9.17, 15) is 18.7 Å². The molecule has 1 amide bonds. The lowest BCUT2D eigenvalue weighted by Crippen LogP contribution is -2.50. The van der Waals surface area contributed by atoms with Gasteiger partial charge < -0.3 is 14.7 Å². The van der Waals surface area contributed by atoms with Crippen LogP contribution in [0.5, 0.6) is 0 Å². The molecule has 1 heterocycles. The van der Waals surface area contributed by atoms with E-state index in [1.807, 2.05) is 0 Å². The monoisotopic (exact) mass is 341 g/mol. The first-order valence-electron chi connectivity index (χ1n) is 8.16. The van der Waals surface area contributed by atoms with Crippen molar-refractivity contribution in [2.45, 2.75) is 57.7 Å². The van der Waals surface area contributed by atoms with Crippen LogP contribution in [0.1, 0.15) is 52.0 Å². The molecule has 6 heteroatoms. The van der Waals surface area contributed by atoms with Crippen LogP contribution in [0.2, 0.25) is 0 Å². The van der Waals surface area contributed by atoms with E-state index in [0.29, 0.717) is 31.5 Å². The third kappa shape index (κ3) is 4.44. The van der Waals surface area contributed by atoms with Crippen molar-refractivity contribution in [1.29, 1.82) is 0 Å². The first-order chi connectivity index (χ1) is 11.0. The third-order valence-electron chi connectivity index (χ3n) is 4.47. The van der Waals surface area contributed by atoms with E-state index in [-0.39, 0.29) is 0 Å². The zero-order chi connectivity index (χ0) is 18.1. The number of nitrogens with zero attached hydrogens (tertiary/aromatic N) is 1. The van der Waals surface area contributed by atoms with Gasteiger partial charge in [0.1, 0.15) is 17.2 Å². The van der Waals surface area contributed by atoms with Crippen LogP contribution >= 0.6 is 0 Å². The maximum Gasteiger partial charge on any atom is 0.410 e. The van der Waals surface area contributed by atoms with Crippen LogP contribution in [0.3, 0.4) is 0 Å². The number of hydrogen-bond donors (Lipinski definition) is 1. The van der Waals surface area contributed by atoms with Gasteiger partial charge in [-0.2, -0.15) is 0 Å². The van der Waals surface area contributed by atoms with Gasteiger partial charge in [-0.05, 0) is 51.3 Å². The highest BCUT2D eigenvalue weighted by atomic mass is 19.1. The summed E-state index contributed by atoms with van der Waals surface area (Å²) >= 11 is 0. The Morgan fingerprint density at radius 3 is 2.17 bits per heavy atom. The Labute approximate surface area is 141 Å². The lowest BCUT2D eigenvalue weighted by Gasteiger charge is -2.42. The molecule has 24 heavy (non-hydrogen) atoms. The van der Waals surface area contributed by atoms with Gasteiger partial charge in [-0.1, -0.05) is 6.92 Å². The molecule has 0 spiro atoms. The van der Waals surface area contributed by atoms with Crippen molar-refractivity contribution in [3.8, 4) is 0 Å². The number of rotatable bonds is 2. The second-order valence-electron chi connectivity index (χ2n) is 7.50. The van der Waals surface area contributed by atoms with Crippen LogP contribution in [0.15, 0.2) is 18.2 Å². The molecule has 1 N–H and O–H groups in total. The molecule has 0 radical (unpaired) electrons. The lowest BCUT2D eigenvalue weighted by molar-refractivity contribution is -0.0453. The van der Waals surface area contributed by atoms with Crippen LogP contribution in [0.4, 0.5) is 13.6 Å². The predicted octanol–water partition coefficient (Wildman–Crippen LogP) is 3.83. The Bertz CT molecular complexity index is 585. The molecular formula is C18H25F2NO3. The van der Waals surface area contributed by atoms with Gasteiger partial charge in [0.2, 0.25) is 0 Å². The molecule has 1 fully saturated rings. The quantitative estimate of drug-likeness (QED) is 0.889. The van der Waals surface area contributed by atoms with Gasteiger partial charge in [0, 0.05) is 25.1 Å². The van der Waals surface area contributed by atoms with Crippen molar-refractivity contribution in [2.24, 2.45) is 0 Å². The Balaban J connectivity index is 2.04. The first-order valence-corrected chi connectivity index (χ1v) is 8.16. The van der Waals surface area contributed by atoms with Gasteiger partial charge in [0.15, 0.2) is 0 Å². The number of halogens is 2. The summed E-state index contributed by atoms with van der Waals surface area (Å²) < 4.78 is 32.2. The number of piperidine rings is 1. The van der Waals surface area contributed by atoms with E-state index >= 15 is 0 Å². The van der Waals surface area contributed by atoms with Crippen LogP contribution in [-0.4, -0.2) is 40.4 Å². The Hall–Kier alpha value is -1.69. The fourth-order valence-corrected chi connectivity index (χ4v) is 2.97. The van der Waals surface area contributed by atoms with E-state index in [1.54, 1.807) is 32.6 Å². The Morgan fingerprint density at radius 2 is 1.71 bits per heavy atom. The summed E-state index contributed by atoms with van der Waals surface area (Å²) in [6.45, 7) is 7.82. The average Bonchev–Trinajstić information content (AvgIpc) is 2.44. The second-order valence-corrected chi connectivity index (χ2v) is 7.50. The number of likely N-dealkylation sites (tertiary alicyclic amines) is 1. The summed E-state index contributed by atoms with van der Waals surface area (Å²) in [5, 5.41) is 10.9. The number of amides is 1. The van der Waals surface area contributed by atoms with E-state index in [4.69, 9.17) is 4.74 Å². The number of benzene rings is 1. The summed E-state index contributed by atoms with van der Waals surface area (Å²) in [6.07, 6.45) is 0.242. The van der Waals surface area contributed by atoms with Gasteiger partial charge in [0.25, 0.3) is 0 Å². The molecule has 4 nitrogen and oxygen atoms in total. The van der Waals surface area contributed by atoms with E-state index in [1.165, 1.54) is 12.1 Å². The van der Waals surface area contributed by atoms with Crippen molar-refractivity contribution in [2.75, 3.05) is 13.1 Å². The Kier molecular flexibility index (Phi) is 5.18. The van der Waals surface area contributed by atoms with Gasteiger partial charge in [0.05, 0.1) is 5.60 Å². The SMILES string of the molecule is C[C@H](c1cc(F)cc(F)c1)C1(O)CCN(C(=O)OC(C)(C)C)CC1. The lowest BCUT2D eigenvalue weighted by atomic mass is 9.77. The van der Waals surface area contributed by atoms with Crippen molar-refractivity contribution < 1.29 is 23.4 Å². The largest absolute Gasteiger partial charge is 0.444 e. The summed E-state index contributed by atoms with van der Waals surface area (Å²) in [4.78, 5) is 13.6. The summed E-state index contributed by atoms with van der Waals surface area (Å²) in [5.41, 5.74) is -1.27. The molecule has 2 rings (SSSR count). The van der Waals surface area contributed by atoms with Crippen molar-refractivity contribution in [3.63, 3.8) is 0 Å². The standard InChI is InChI=1S/C18H25F2NO3/c1-12(13-9-14(19)11-15(20)10-13)18(23)5-7-21(8-6-18)16(22)24-17(2,3)4/h9-12,23H,5-8H2,1-4H3/t12-/m1/s1. The van der Waals surface area contributed by atoms with Gasteiger partial charge in [-0.3, -0.25) is 0 Å². The fourth-order valence-electron chi connectivity index (χ4n) is 2.97. The fraction of sp³-hybridized carbons (Fsp3) is 0.611. The molecular weight excluding hydrogens is 316 g/mol. The molecule has 1 saturated heterocycles. The van der Waals surface area contributed by atoms with Crippen molar-refractivity contribution >= 4 is 6.09 Å². The zero-order valence-corrected chi connectivity index (χ0v) is 14.6. The van der Waals surface area contributed by atoms with Crippen molar-refractivity contribution in [3.05, 3.63) is 35.4 Å². The number of aliphatic hydroxyl groups is 1. The summed E-state index contributed by atoms with van der Waals surface area (Å²) in [6, 6.07) is 3.29. The highest BCUT2D eigenvalue weighted by molar-refractivity contribution is 5.68. The molecule has 1 aromatic carbocycles. The minimum absolute atomic E-state index is 0.325. The molecule has 0 aromatic heterocycles. The normalized spacial score (nSPS) is 19.0. The summed E-state index contributed by atoms with van der Waals surface area (Å²) in [5.74, 6) is -1.76. The number of hydrogen-bond acceptors (Lipinski definition) is 3. The van der Waals surface area contributed by atoms with Crippen LogP contribution in [0, 0.1) is 11.6 Å². The molecule has 0 unspecified atom stereocenters.